The van der Waals surface area contributed by atoms with E-state index in [2.05, 4.69) is 208 Å². The third-order valence-electron chi connectivity index (χ3n) is 13.6. The summed E-state index contributed by atoms with van der Waals surface area (Å²) in [4.78, 5) is 0. The highest BCUT2D eigenvalue weighted by Gasteiger charge is 2.35. The Balaban J connectivity index is 1.06. The summed E-state index contributed by atoms with van der Waals surface area (Å²) >= 11 is 0. The average Bonchev–Trinajstić information content (AvgIpc) is 3.82. The Kier molecular flexibility index (Phi) is 6.85. The van der Waals surface area contributed by atoms with Gasteiger partial charge in [0.05, 0.1) is 0 Å². The van der Waals surface area contributed by atoms with Crippen molar-refractivity contribution in [1.82, 2.24) is 0 Å². The molecule has 0 aliphatic heterocycles. The molecule has 0 atom stereocenters. The quantitative estimate of drug-likeness (QED) is 0.129. The summed E-state index contributed by atoms with van der Waals surface area (Å²) in [6.45, 7) is 4.74. The van der Waals surface area contributed by atoms with Gasteiger partial charge >= 0.3 is 0 Å². The lowest BCUT2D eigenvalue weighted by Crippen LogP contribution is -2.14. The maximum atomic E-state index is 7.19. The van der Waals surface area contributed by atoms with Gasteiger partial charge < -0.3 is 4.42 Å². The summed E-state index contributed by atoms with van der Waals surface area (Å²) in [7, 11) is 0. The molecule has 1 nitrogen and oxygen atoms in total. The molecule has 0 saturated heterocycles. The molecule has 0 unspecified atom stereocenters. The highest BCUT2D eigenvalue weighted by atomic mass is 16.3. The smallest absolute Gasteiger partial charge is 0.143 e. The van der Waals surface area contributed by atoms with E-state index in [0.717, 1.165) is 27.7 Å². The molecule has 0 amide bonds. The van der Waals surface area contributed by atoms with Crippen LogP contribution in [0.2, 0.25) is 0 Å². The maximum Gasteiger partial charge on any atom is 0.143 e. The first-order chi connectivity index (χ1) is 29.5. The standard InChI is InChI=1S/C59H38O/c1-59(2)51-29-14-13-22-42(51)43-31-30-38(34-52(43)59)54-47-26-10-8-24-45(47)53(46-25-9-11-27-48(46)54)37-18-15-17-35(32-37)50-33-36-16-3-4-19-39(36)55-56-44-23-7-5-20-40(44)41-21-6-12-28-49(41)57(56)60-58(50)55/h3-34H,1-2H3. The molecule has 11 aromatic carbocycles. The largest absolute Gasteiger partial charge is 0.455 e. The topological polar surface area (TPSA) is 13.1 Å². The zero-order valence-corrected chi connectivity index (χ0v) is 33.4. The third kappa shape index (κ3) is 4.52. The van der Waals surface area contributed by atoms with Gasteiger partial charge in [0, 0.05) is 27.1 Å². The molecule has 1 aliphatic rings. The number of rotatable bonds is 3. The molecule has 1 heterocycles. The Labute approximate surface area is 347 Å². The molecule has 0 radical (unpaired) electrons. The molecular formula is C59H38O. The van der Waals surface area contributed by atoms with Crippen LogP contribution in [0.3, 0.4) is 0 Å². The molecule has 12 aromatic rings. The normalized spacial score (nSPS) is 13.3. The van der Waals surface area contributed by atoms with Crippen molar-refractivity contribution in [3.63, 3.8) is 0 Å². The van der Waals surface area contributed by atoms with Gasteiger partial charge in [-0.15, -0.1) is 0 Å². The molecule has 1 aromatic heterocycles. The minimum Gasteiger partial charge on any atom is -0.455 e. The fourth-order valence-corrected chi connectivity index (χ4v) is 10.9. The average molecular weight is 763 g/mol. The van der Waals surface area contributed by atoms with Crippen LogP contribution in [0.25, 0.3) is 120 Å². The number of benzene rings is 11. The lowest BCUT2D eigenvalue weighted by molar-refractivity contribution is 0.660. The highest BCUT2D eigenvalue weighted by Crippen LogP contribution is 2.52. The third-order valence-corrected chi connectivity index (χ3v) is 13.6. The van der Waals surface area contributed by atoms with Gasteiger partial charge in [-0.2, -0.15) is 0 Å². The van der Waals surface area contributed by atoms with Crippen LogP contribution in [-0.2, 0) is 5.41 Å². The molecule has 0 N–H and O–H groups in total. The van der Waals surface area contributed by atoms with Gasteiger partial charge in [0.1, 0.15) is 11.2 Å². The van der Waals surface area contributed by atoms with Crippen LogP contribution >= 0.6 is 0 Å². The van der Waals surface area contributed by atoms with Crippen molar-refractivity contribution < 1.29 is 4.42 Å². The van der Waals surface area contributed by atoms with Crippen molar-refractivity contribution in [3.8, 4) is 44.5 Å². The molecule has 280 valence electrons. The zero-order chi connectivity index (χ0) is 39.7. The summed E-state index contributed by atoms with van der Waals surface area (Å²) in [6.07, 6.45) is 0. The fourth-order valence-electron chi connectivity index (χ4n) is 10.9. The molecule has 0 spiro atoms. The zero-order valence-electron chi connectivity index (χ0n) is 33.4. The second-order valence-electron chi connectivity index (χ2n) is 17.1. The first kappa shape index (κ1) is 33.5. The molecule has 1 heteroatoms. The first-order valence-corrected chi connectivity index (χ1v) is 21.0. The number of fused-ring (bicyclic) bond motifs is 15. The van der Waals surface area contributed by atoms with E-state index in [-0.39, 0.29) is 5.41 Å². The van der Waals surface area contributed by atoms with Gasteiger partial charge in [-0.3, -0.25) is 0 Å². The lowest BCUT2D eigenvalue weighted by Gasteiger charge is -2.23. The summed E-state index contributed by atoms with van der Waals surface area (Å²) in [5.41, 5.74) is 14.5. The van der Waals surface area contributed by atoms with Crippen LogP contribution in [0.15, 0.2) is 199 Å². The van der Waals surface area contributed by atoms with Crippen molar-refractivity contribution in [2.75, 3.05) is 0 Å². The Morgan fingerprint density at radius 3 is 1.52 bits per heavy atom. The van der Waals surface area contributed by atoms with Gasteiger partial charge in [-0.25, -0.2) is 0 Å². The molecule has 1 aliphatic carbocycles. The van der Waals surface area contributed by atoms with Crippen molar-refractivity contribution in [2.24, 2.45) is 0 Å². The molecule has 0 saturated carbocycles. The molecule has 60 heavy (non-hydrogen) atoms. The van der Waals surface area contributed by atoms with Crippen LogP contribution in [0.1, 0.15) is 25.0 Å². The fraction of sp³-hybridized carbons (Fsp3) is 0.0508. The molecule has 0 bridgehead atoms. The Morgan fingerprint density at radius 2 is 0.817 bits per heavy atom. The van der Waals surface area contributed by atoms with E-state index in [1.54, 1.807) is 0 Å². The lowest BCUT2D eigenvalue weighted by atomic mass is 9.80. The van der Waals surface area contributed by atoms with E-state index in [4.69, 9.17) is 4.42 Å². The predicted molar refractivity (Wildman–Crippen MR) is 255 cm³/mol. The van der Waals surface area contributed by atoms with Crippen molar-refractivity contribution in [1.29, 1.82) is 0 Å². The summed E-state index contributed by atoms with van der Waals surface area (Å²) in [5, 5.41) is 14.6. The molecule has 0 fully saturated rings. The Bertz CT molecular complexity index is 3750. The van der Waals surface area contributed by atoms with Crippen LogP contribution < -0.4 is 0 Å². The van der Waals surface area contributed by atoms with Crippen LogP contribution in [-0.4, -0.2) is 0 Å². The van der Waals surface area contributed by atoms with E-state index in [1.165, 1.54) is 104 Å². The second-order valence-corrected chi connectivity index (χ2v) is 17.1. The van der Waals surface area contributed by atoms with E-state index < -0.39 is 0 Å². The highest BCUT2D eigenvalue weighted by molar-refractivity contribution is 6.35. The summed E-state index contributed by atoms with van der Waals surface area (Å²) < 4.78 is 7.19. The molecule has 13 rings (SSSR count). The van der Waals surface area contributed by atoms with Gasteiger partial charge in [0.25, 0.3) is 0 Å². The van der Waals surface area contributed by atoms with E-state index in [1.807, 2.05) is 0 Å². The van der Waals surface area contributed by atoms with Crippen LogP contribution in [0.5, 0.6) is 0 Å². The number of hydrogen-bond donors (Lipinski definition) is 0. The van der Waals surface area contributed by atoms with Crippen LogP contribution in [0, 0.1) is 0 Å². The van der Waals surface area contributed by atoms with Gasteiger partial charge in [0.2, 0.25) is 0 Å². The van der Waals surface area contributed by atoms with Gasteiger partial charge in [-0.05, 0) is 117 Å². The van der Waals surface area contributed by atoms with Gasteiger partial charge in [-0.1, -0.05) is 190 Å². The van der Waals surface area contributed by atoms with Gasteiger partial charge in [0.15, 0.2) is 0 Å². The maximum absolute atomic E-state index is 7.19. The van der Waals surface area contributed by atoms with Crippen molar-refractivity contribution in [2.45, 2.75) is 19.3 Å². The van der Waals surface area contributed by atoms with E-state index >= 15 is 0 Å². The monoisotopic (exact) mass is 762 g/mol. The predicted octanol–water partition coefficient (Wildman–Crippen LogP) is 16.7. The Hall–Kier alpha value is -7.48. The minimum absolute atomic E-state index is 0.0812. The van der Waals surface area contributed by atoms with E-state index in [9.17, 15) is 0 Å². The summed E-state index contributed by atoms with van der Waals surface area (Å²) in [5.74, 6) is 0. The minimum atomic E-state index is -0.0812. The van der Waals surface area contributed by atoms with Crippen molar-refractivity contribution in [3.05, 3.63) is 205 Å². The van der Waals surface area contributed by atoms with Crippen molar-refractivity contribution >= 4 is 75.8 Å². The number of hydrogen-bond acceptors (Lipinski definition) is 1. The second kappa shape index (κ2) is 12.3. The van der Waals surface area contributed by atoms with E-state index in [0.29, 0.717) is 0 Å². The van der Waals surface area contributed by atoms with Crippen LogP contribution in [0.4, 0.5) is 0 Å². The SMILES string of the molecule is CC1(C)c2ccccc2-c2ccc(-c3c4ccccc4c(-c4cccc(-c5cc6ccccc6c6c5oc5c7ccccc7c7ccccc7c56)c4)c4ccccc34)cc21. The Morgan fingerprint density at radius 1 is 0.317 bits per heavy atom. The first-order valence-electron chi connectivity index (χ1n) is 21.0. The summed E-state index contributed by atoms with van der Waals surface area (Å²) in [6, 6.07) is 71.8. The number of furan rings is 1. The molecular weight excluding hydrogens is 725 g/mol.